The summed E-state index contributed by atoms with van der Waals surface area (Å²) in [5.74, 6) is 2.18. The summed E-state index contributed by atoms with van der Waals surface area (Å²) in [4.78, 5) is 0. The van der Waals surface area contributed by atoms with Gasteiger partial charge >= 0.3 is 0 Å². The Morgan fingerprint density at radius 2 is 1.52 bits per heavy atom. The zero-order valence-corrected chi connectivity index (χ0v) is 14.4. The molecule has 0 bridgehead atoms. The van der Waals surface area contributed by atoms with Gasteiger partial charge in [0.2, 0.25) is 0 Å². The van der Waals surface area contributed by atoms with Crippen LogP contribution in [-0.2, 0) is 11.2 Å². The SMILES string of the molecule is COCOc1c(CC=C(C)C)c(OC)c2ccccc2c1OC. The second kappa shape index (κ2) is 7.88. The van der Waals surface area contributed by atoms with Crippen molar-refractivity contribution in [3.05, 3.63) is 41.5 Å². The minimum absolute atomic E-state index is 0.152. The van der Waals surface area contributed by atoms with Gasteiger partial charge in [0.15, 0.2) is 18.3 Å². The molecule has 0 aliphatic carbocycles. The Morgan fingerprint density at radius 3 is 2.04 bits per heavy atom. The lowest BCUT2D eigenvalue weighted by Gasteiger charge is -2.20. The molecule has 4 nitrogen and oxygen atoms in total. The summed E-state index contributed by atoms with van der Waals surface area (Å²) in [7, 11) is 4.93. The third kappa shape index (κ3) is 3.59. The van der Waals surface area contributed by atoms with E-state index in [1.54, 1.807) is 21.3 Å². The van der Waals surface area contributed by atoms with Crippen LogP contribution in [0.15, 0.2) is 35.9 Å². The molecule has 0 fully saturated rings. The van der Waals surface area contributed by atoms with Crippen LogP contribution in [0.4, 0.5) is 0 Å². The van der Waals surface area contributed by atoms with Gasteiger partial charge in [0.25, 0.3) is 0 Å². The number of ether oxygens (including phenoxy) is 4. The predicted octanol–water partition coefficient (Wildman–Crippen LogP) is 4.35. The summed E-state index contributed by atoms with van der Waals surface area (Å²) in [5.41, 5.74) is 2.19. The fraction of sp³-hybridized carbons (Fsp3) is 0.368. The molecule has 0 saturated heterocycles. The van der Waals surface area contributed by atoms with E-state index in [-0.39, 0.29) is 6.79 Å². The Morgan fingerprint density at radius 1 is 0.913 bits per heavy atom. The molecule has 4 heteroatoms. The lowest BCUT2D eigenvalue weighted by molar-refractivity contribution is 0.0485. The number of fused-ring (bicyclic) bond motifs is 1. The van der Waals surface area contributed by atoms with E-state index >= 15 is 0 Å². The second-order valence-electron chi connectivity index (χ2n) is 5.46. The number of benzene rings is 2. The lowest BCUT2D eigenvalue weighted by atomic mass is 9.99. The maximum absolute atomic E-state index is 5.83. The zero-order valence-electron chi connectivity index (χ0n) is 14.4. The highest BCUT2D eigenvalue weighted by molar-refractivity contribution is 5.97. The largest absolute Gasteiger partial charge is 0.496 e. The molecule has 0 amide bonds. The highest BCUT2D eigenvalue weighted by Gasteiger charge is 2.21. The van der Waals surface area contributed by atoms with Crippen LogP contribution in [0.1, 0.15) is 19.4 Å². The molecule has 0 heterocycles. The van der Waals surface area contributed by atoms with E-state index < -0.39 is 0 Å². The van der Waals surface area contributed by atoms with Gasteiger partial charge in [-0.15, -0.1) is 0 Å². The highest BCUT2D eigenvalue weighted by Crippen LogP contribution is 2.46. The average Bonchev–Trinajstić information content (AvgIpc) is 2.56. The average molecular weight is 316 g/mol. The Kier molecular flexibility index (Phi) is 5.88. The van der Waals surface area contributed by atoms with Crippen molar-refractivity contribution in [2.24, 2.45) is 0 Å². The maximum atomic E-state index is 5.83. The third-order valence-corrected chi connectivity index (χ3v) is 3.61. The van der Waals surface area contributed by atoms with Crippen molar-refractivity contribution in [2.75, 3.05) is 28.1 Å². The monoisotopic (exact) mass is 316 g/mol. The predicted molar refractivity (Wildman–Crippen MR) is 92.7 cm³/mol. The molecule has 2 aromatic carbocycles. The summed E-state index contributed by atoms with van der Waals surface area (Å²) in [6.45, 7) is 4.29. The molecule has 0 N–H and O–H groups in total. The Labute approximate surface area is 137 Å². The molecular weight excluding hydrogens is 292 g/mol. The van der Waals surface area contributed by atoms with Crippen molar-refractivity contribution in [3.63, 3.8) is 0 Å². The summed E-state index contributed by atoms with van der Waals surface area (Å²) in [6.07, 6.45) is 2.84. The van der Waals surface area contributed by atoms with Crippen molar-refractivity contribution in [3.8, 4) is 17.2 Å². The molecule has 0 radical (unpaired) electrons. The van der Waals surface area contributed by atoms with Gasteiger partial charge in [0, 0.05) is 23.4 Å². The highest BCUT2D eigenvalue weighted by atomic mass is 16.7. The van der Waals surface area contributed by atoms with Crippen LogP contribution in [0.25, 0.3) is 10.8 Å². The van der Waals surface area contributed by atoms with Gasteiger partial charge in [-0.1, -0.05) is 35.9 Å². The standard InChI is InChI=1S/C19H24O4/c1-13(2)10-11-16-17(21-4)14-8-6-7-9-15(14)18(22-5)19(16)23-12-20-3/h6-10H,11-12H2,1-5H3. The fourth-order valence-corrected chi connectivity index (χ4v) is 2.60. The molecule has 2 rings (SSSR count). The van der Waals surface area contributed by atoms with Crippen LogP contribution in [0.5, 0.6) is 17.2 Å². The molecule has 124 valence electrons. The first-order valence-corrected chi connectivity index (χ1v) is 7.54. The van der Waals surface area contributed by atoms with Crippen molar-refractivity contribution in [1.82, 2.24) is 0 Å². The van der Waals surface area contributed by atoms with Crippen LogP contribution in [0.2, 0.25) is 0 Å². The van der Waals surface area contributed by atoms with Crippen LogP contribution >= 0.6 is 0 Å². The molecule has 2 aromatic rings. The van der Waals surface area contributed by atoms with Gasteiger partial charge < -0.3 is 18.9 Å². The van der Waals surface area contributed by atoms with E-state index in [1.807, 2.05) is 24.3 Å². The Hall–Kier alpha value is -2.20. The first-order valence-electron chi connectivity index (χ1n) is 7.54. The molecule has 23 heavy (non-hydrogen) atoms. The lowest BCUT2D eigenvalue weighted by Crippen LogP contribution is -2.06. The topological polar surface area (TPSA) is 36.9 Å². The summed E-state index contributed by atoms with van der Waals surface area (Å²) < 4.78 is 22.3. The Balaban J connectivity index is 2.77. The van der Waals surface area contributed by atoms with E-state index in [9.17, 15) is 0 Å². The Bertz CT molecular complexity index is 700. The van der Waals surface area contributed by atoms with Crippen molar-refractivity contribution < 1.29 is 18.9 Å². The molecule has 0 spiro atoms. The molecule has 0 unspecified atom stereocenters. The molecule has 0 aliphatic heterocycles. The fourth-order valence-electron chi connectivity index (χ4n) is 2.60. The smallest absolute Gasteiger partial charge is 0.188 e. The van der Waals surface area contributed by atoms with E-state index in [2.05, 4.69) is 19.9 Å². The third-order valence-electron chi connectivity index (χ3n) is 3.61. The summed E-state index contributed by atoms with van der Waals surface area (Å²) >= 11 is 0. The zero-order chi connectivity index (χ0) is 16.8. The van der Waals surface area contributed by atoms with E-state index in [1.165, 1.54) is 5.57 Å². The maximum Gasteiger partial charge on any atom is 0.188 e. The number of allylic oxidation sites excluding steroid dienone is 2. The quantitative estimate of drug-likeness (QED) is 0.562. The molecule has 0 saturated carbocycles. The summed E-state index contributed by atoms with van der Waals surface area (Å²) in [6, 6.07) is 7.99. The molecular formula is C19H24O4. The van der Waals surface area contributed by atoms with E-state index in [0.29, 0.717) is 17.9 Å². The van der Waals surface area contributed by atoms with Crippen LogP contribution in [0.3, 0.4) is 0 Å². The minimum Gasteiger partial charge on any atom is -0.496 e. The van der Waals surface area contributed by atoms with Crippen LogP contribution in [0, 0.1) is 0 Å². The second-order valence-corrected chi connectivity index (χ2v) is 5.46. The van der Waals surface area contributed by atoms with E-state index in [0.717, 1.165) is 22.1 Å². The van der Waals surface area contributed by atoms with Gasteiger partial charge in [-0.05, 0) is 20.3 Å². The minimum atomic E-state index is 0.152. The van der Waals surface area contributed by atoms with E-state index in [4.69, 9.17) is 18.9 Å². The molecule has 0 atom stereocenters. The van der Waals surface area contributed by atoms with Crippen molar-refractivity contribution in [2.45, 2.75) is 20.3 Å². The molecule has 0 aliphatic rings. The number of rotatable bonds is 7. The number of hydrogen-bond donors (Lipinski definition) is 0. The van der Waals surface area contributed by atoms with Crippen LogP contribution in [-0.4, -0.2) is 28.1 Å². The first-order chi connectivity index (χ1) is 11.1. The van der Waals surface area contributed by atoms with Gasteiger partial charge in [-0.2, -0.15) is 0 Å². The van der Waals surface area contributed by atoms with Crippen molar-refractivity contribution in [1.29, 1.82) is 0 Å². The molecule has 0 aromatic heterocycles. The normalized spacial score (nSPS) is 10.5. The van der Waals surface area contributed by atoms with Gasteiger partial charge in [0.05, 0.1) is 14.2 Å². The van der Waals surface area contributed by atoms with Gasteiger partial charge in [-0.25, -0.2) is 0 Å². The number of hydrogen-bond acceptors (Lipinski definition) is 4. The number of methoxy groups -OCH3 is 3. The van der Waals surface area contributed by atoms with Gasteiger partial charge in [0.1, 0.15) is 5.75 Å². The summed E-state index contributed by atoms with van der Waals surface area (Å²) in [5, 5.41) is 1.97. The van der Waals surface area contributed by atoms with Crippen molar-refractivity contribution >= 4 is 10.8 Å². The first kappa shape index (κ1) is 17.2. The van der Waals surface area contributed by atoms with Gasteiger partial charge in [-0.3, -0.25) is 0 Å². The van der Waals surface area contributed by atoms with Crippen LogP contribution < -0.4 is 14.2 Å².